The SMILES string of the molecule is COc1cc2ncnc(Nc3cccc(Cl)c3C)c2cc1N1CC2(CCN(C(=O)OC(C)(C)C)CC2)OC1=O. The van der Waals surface area contributed by atoms with Crippen LogP contribution in [0.5, 0.6) is 5.75 Å². The van der Waals surface area contributed by atoms with Gasteiger partial charge in [0.25, 0.3) is 0 Å². The third-order valence-corrected chi connectivity index (χ3v) is 7.45. The van der Waals surface area contributed by atoms with Crippen molar-refractivity contribution in [3.05, 3.63) is 47.2 Å². The Morgan fingerprint density at radius 3 is 2.62 bits per heavy atom. The van der Waals surface area contributed by atoms with Gasteiger partial charge < -0.3 is 24.4 Å². The summed E-state index contributed by atoms with van der Waals surface area (Å²) in [5.41, 5.74) is 1.64. The molecule has 2 aliphatic heterocycles. The first-order chi connectivity index (χ1) is 18.5. The number of likely N-dealkylation sites (tertiary alicyclic amines) is 1. The highest BCUT2D eigenvalue weighted by molar-refractivity contribution is 6.31. The van der Waals surface area contributed by atoms with Gasteiger partial charge in [-0.3, -0.25) is 4.90 Å². The van der Waals surface area contributed by atoms with Crippen molar-refractivity contribution in [2.75, 3.05) is 37.0 Å². The van der Waals surface area contributed by atoms with E-state index in [2.05, 4.69) is 15.3 Å². The molecule has 0 unspecified atom stereocenters. The van der Waals surface area contributed by atoms with E-state index < -0.39 is 17.3 Å². The van der Waals surface area contributed by atoms with Crippen molar-refractivity contribution in [2.24, 2.45) is 0 Å². The maximum atomic E-state index is 13.2. The lowest BCUT2D eigenvalue weighted by Gasteiger charge is -2.37. The highest BCUT2D eigenvalue weighted by atomic mass is 35.5. The van der Waals surface area contributed by atoms with Gasteiger partial charge in [-0.15, -0.1) is 0 Å². The molecule has 2 amide bonds. The Bertz CT molecular complexity index is 1430. The van der Waals surface area contributed by atoms with Crippen LogP contribution in [0.1, 0.15) is 39.2 Å². The number of hydrogen-bond acceptors (Lipinski definition) is 8. The maximum Gasteiger partial charge on any atom is 0.415 e. The van der Waals surface area contributed by atoms with E-state index in [4.69, 9.17) is 25.8 Å². The zero-order chi connectivity index (χ0) is 27.9. The lowest BCUT2D eigenvalue weighted by molar-refractivity contribution is -0.0167. The van der Waals surface area contributed by atoms with Gasteiger partial charge in [0.15, 0.2) is 0 Å². The van der Waals surface area contributed by atoms with Crippen LogP contribution in [-0.4, -0.2) is 65.0 Å². The van der Waals surface area contributed by atoms with Crippen molar-refractivity contribution in [3.63, 3.8) is 0 Å². The molecule has 3 heterocycles. The number of halogens is 1. The first kappa shape index (κ1) is 26.8. The average Bonchev–Trinajstić information content (AvgIpc) is 3.20. The van der Waals surface area contributed by atoms with Crippen LogP contribution in [0.4, 0.5) is 26.8 Å². The number of amides is 2. The normalized spacial score (nSPS) is 16.9. The van der Waals surface area contributed by atoms with Crippen LogP contribution in [-0.2, 0) is 9.47 Å². The van der Waals surface area contributed by atoms with E-state index >= 15 is 0 Å². The quantitative estimate of drug-likeness (QED) is 0.415. The van der Waals surface area contributed by atoms with E-state index in [1.807, 2.05) is 52.0 Å². The Hall–Kier alpha value is -3.79. The molecule has 0 atom stereocenters. The predicted octanol–water partition coefficient (Wildman–Crippen LogP) is 6.07. The average molecular weight is 554 g/mol. The first-order valence-corrected chi connectivity index (χ1v) is 13.2. The second-order valence-corrected chi connectivity index (χ2v) is 11.3. The molecule has 2 fully saturated rings. The number of hydrogen-bond donors (Lipinski definition) is 1. The van der Waals surface area contributed by atoms with Gasteiger partial charge in [-0.2, -0.15) is 0 Å². The number of piperidine rings is 1. The molecule has 0 aliphatic carbocycles. The molecule has 3 aromatic rings. The summed E-state index contributed by atoms with van der Waals surface area (Å²) in [5, 5.41) is 4.70. The van der Waals surface area contributed by atoms with Gasteiger partial charge in [0.05, 0.1) is 24.9 Å². The molecule has 39 heavy (non-hydrogen) atoms. The molecule has 206 valence electrons. The van der Waals surface area contributed by atoms with Crippen molar-refractivity contribution in [1.82, 2.24) is 14.9 Å². The second kappa shape index (κ2) is 10.1. The van der Waals surface area contributed by atoms with Crippen molar-refractivity contribution in [3.8, 4) is 5.75 Å². The minimum absolute atomic E-state index is 0.333. The van der Waals surface area contributed by atoms with E-state index in [1.165, 1.54) is 6.33 Å². The summed E-state index contributed by atoms with van der Waals surface area (Å²) in [6.45, 7) is 8.65. The van der Waals surface area contributed by atoms with Crippen molar-refractivity contribution in [2.45, 2.75) is 51.7 Å². The van der Waals surface area contributed by atoms with E-state index in [9.17, 15) is 9.59 Å². The van der Waals surface area contributed by atoms with E-state index in [0.29, 0.717) is 65.7 Å². The van der Waals surface area contributed by atoms with Crippen molar-refractivity contribution < 1.29 is 23.8 Å². The Morgan fingerprint density at radius 2 is 1.92 bits per heavy atom. The number of methoxy groups -OCH3 is 1. The van der Waals surface area contributed by atoms with Crippen LogP contribution in [0.3, 0.4) is 0 Å². The Kier molecular flexibility index (Phi) is 6.92. The van der Waals surface area contributed by atoms with Gasteiger partial charge in [-0.1, -0.05) is 17.7 Å². The number of nitrogens with one attached hydrogen (secondary N) is 1. The Balaban J connectivity index is 1.42. The number of benzene rings is 2. The van der Waals surface area contributed by atoms with Crippen LogP contribution in [0.25, 0.3) is 10.9 Å². The molecule has 5 rings (SSSR count). The zero-order valence-electron chi connectivity index (χ0n) is 22.7. The van der Waals surface area contributed by atoms with Crippen molar-refractivity contribution in [1.29, 1.82) is 0 Å². The number of fused-ring (bicyclic) bond motifs is 1. The molecular weight excluding hydrogens is 522 g/mol. The molecule has 1 N–H and O–H groups in total. The monoisotopic (exact) mass is 553 g/mol. The maximum absolute atomic E-state index is 13.2. The topological polar surface area (TPSA) is 106 Å². The fourth-order valence-corrected chi connectivity index (χ4v) is 5.08. The number of aromatic nitrogens is 2. The van der Waals surface area contributed by atoms with Crippen LogP contribution >= 0.6 is 11.6 Å². The van der Waals surface area contributed by atoms with Gasteiger partial charge in [0.1, 0.15) is 29.1 Å². The number of carbonyl (C=O) groups is 2. The van der Waals surface area contributed by atoms with Crippen LogP contribution < -0.4 is 15.0 Å². The Labute approximate surface area is 232 Å². The van der Waals surface area contributed by atoms with Crippen molar-refractivity contribution >= 4 is 51.9 Å². The van der Waals surface area contributed by atoms with Gasteiger partial charge in [0, 0.05) is 48.1 Å². The fourth-order valence-electron chi connectivity index (χ4n) is 4.91. The molecule has 2 saturated heterocycles. The lowest BCUT2D eigenvalue weighted by Crippen LogP contribution is -2.49. The van der Waals surface area contributed by atoms with Crippen LogP contribution in [0, 0.1) is 6.92 Å². The van der Waals surface area contributed by atoms with Crippen LogP contribution in [0.2, 0.25) is 5.02 Å². The fraction of sp³-hybridized carbons (Fsp3) is 0.429. The number of anilines is 3. The number of rotatable bonds is 4. The summed E-state index contributed by atoms with van der Waals surface area (Å²) in [6, 6.07) is 9.24. The minimum atomic E-state index is -0.707. The molecule has 2 aliphatic rings. The molecule has 11 heteroatoms. The molecule has 0 bridgehead atoms. The van der Waals surface area contributed by atoms with Gasteiger partial charge in [-0.05, 0) is 51.5 Å². The molecule has 10 nitrogen and oxygen atoms in total. The summed E-state index contributed by atoms with van der Waals surface area (Å²) < 4.78 is 17.1. The Morgan fingerprint density at radius 1 is 1.18 bits per heavy atom. The second-order valence-electron chi connectivity index (χ2n) is 10.9. The lowest BCUT2D eigenvalue weighted by atomic mass is 9.91. The zero-order valence-corrected chi connectivity index (χ0v) is 23.5. The number of nitrogens with zero attached hydrogens (tertiary/aromatic N) is 4. The molecule has 0 saturated carbocycles. The summed E-state index contributed by atoms with van der Waals surface area (Å²) in [5.74, 6) is 1.06. The highest BCUT2D eigenvalue weighted by Crippen LogP contribution is 2.42. The van der Waals surface area contributed by atoms with E-state index in [0.717, 1.165) is 11.3 Å². The third kappa shape index (κ3) is 5.38. The number of carbonyl (C=O) groups excluding carboxylic acids is 2. The largest absolute Gasteiger partial charge is 0.494 e. The standard InChI is InChI=1S/C28H32ClN5O5/c1-17-19(29)7-6-8-20(17)32-24-18-13-22(23(37-5)14-21(18)30-16-31-24)34-15-28(39-26(34)36)9-11-33(12-10-28)25(35)38-27(2,3)4/h6-8,13-14,16H,9-12,15H2,1-5H3,(H,30,31,32). The molecular formula is C28H32ClN5O5. The molecule has 2 aromatic carbocycles. The molecule has 1 spiro atoms. The molecule has 1 aromatic heterocycles. The number of ether oxygens (including phenoxy) is 3. The summed E-state index contributed by atoms with van der Waals surface area (Å²) >= 11 is 6.31. The summed E-state index contributed by atoms with van der Waals surface area (Å²) in [6.07, 6.45) is 1.67. The predicted molar refractivity (Wildman–Crippen MR) is 149 cm³/mol. The third-order valence-electron chi connectivity index (χ3n) is 7.04. The molecule has 0 radical (unpaired) electrons. The summed E-state index contributed by atoms with van der Waals surface area (Å²) in [4.78, 5) is 37.8. The minimum Gasteiger partial charge on any atom is -0.494 e. The van der Waals surface area contributed by atoms with E-state index in [-0.39, 0.29) is 6.09 Å². The van der Waals surface area contributed by atoms with Gasteiger partial charge >= 0.3 is 12.2 Å². The highest BCUT2D eigenvalue weighted by Gasteiger charge is 2.49. The summed E-state index contributed by atoms with van der Waals surface area (Å²) in [7, 11) is 1.55. The van der Waals surface area contributed by atoms with Gasteiger partial charge in [-0.25, -0.2) is 19.6 Å². The first-order valence-electron chi connectivity index (χ1n) is 12.8. The van der Waals surface area contributed by atoms with Crippen LogP contribution in [0.15, 0.2) is 36.7 Å². The van der Waals surface area contributed by atoms with E-state index in [1.54, 1.807) is 23.0 Å². The van der Waals surface area contributed by atoms with Gasteiger partial charge in [0.2, 0.25) is 0 Å². The smallest absolute Gasteiger partial charge is 0.415 e.